The fourth-order valence-corrected chi connectivity index (χ4v) is 2.48. The lowest BCUT2D eigenvalue weighted by molar-refractivity contribution is -0.120. The van der Waals surface area contributed by atoms with Gasteiger partial charge in [0, 0.05) is 12.3 Å². The van der Waals surface area contributed by atoms with E-state index in [9.17, 15) is 4.79 Å². The maximum absolute atomic E-state index is 12.5. The first-order valence-corrected chi connectivity index (χ1v) is 7.43. The highest BCUT2D eigenvalue weighted by molar-refractivity contribution is 5.86. The first-order valence-electron chi connectivity index (χ1n) is 7.43. The summed E-state index contributed by atoms with van der Waals surface area (Å²) in [4.78, 5) is 12.5. The van der Waals surface area contributed by atoms with Crippen LogP contribution < -0.4 is 0 Å². The summed E-state index contributed by atoms with van der Waals surface area (Å²) in [5.74, 6) is 0.354. The lowest BCUT2D eigenvalue weighted by Crippen LogP contribution is -2.15. The minimum Gasteiger partial charge on any atom is -0.299 e. The van der Waals surface area contributed by atoms with Gasteiger partial charge < -0.3 is 0 Å². The molecule has 0 aliphatic rings. The number of rotatable bonds is 7. The molecule has 0 saturated heterocycles. The van der Waals surface area contributed by atoms with Gasteiger partial charge in [0.05, 0.1) is 0 Å². The minimum absolute atomic E-state index is 0.00912. The molecule has 0 aliphatic carbocycles. The third kappa shape index (κ3) is 4.06. The van der Waals surface area contributed by atoms with E-state index in [1.165, 1.54) is 5.56 Å². The highest BCUT2D eigenvalue weighted by Crippen LogP contribution is 2.24. The van der Waals surface area contributed by atoms with Crippen LogP contribution in [0.15, 0.2) is 60.7 Å². The Hall–Kier alpha value is -1.89. The van der Waals surface area contributed by atoms with E-state index in [0.29, 0.717) is 12.2 Å². The molecule has 1 heteroatoms. The third-order valence-corrected chi connectivity index (χ3v) is 3.65. The second-order valence-electron chi connectivity index (χ2n) is 5.22. The molecule has 0 aromatic heterocycles. The van der Waals surface area contributed by atoms with Crippen LogP contribution in [0.2, 0.25) is 0 Å². The largest absolute Gasteiger partial charge is 0.299 e. The average molecular weight is 266 g/mol. The van der Waals surface area contributed by atoms with Gasteiger partial charge in [-0.3, -0.25) is 4.79 Å². The zero-order chi connectivity index (χ0) is 14.2. The Morgan fingerprint density at radius 3 is 2.15 bits per heavy atom. The summed E-state index contributed by atoms with van der Waals surface area (Å²) in [5, 5.41) is 0. The van der Waals surface area contributed by atoms with Crippen molar-refractivity contribution in [1.29, 1.82) is 0 Å². The molecule has 0 aliphatic heterocycles. The molecule has 0 fully saturated rings. The van der Waals surface area contributed by atoms with Crippen LogP contribution in [0.1, 0.15) is 43.2 Å². The Morgan fingerprint density at radius 1 is 0.950 bits per heavy atom. The second-order valence-corrected chi connectivity index (χ2v) is 5.22. The molecule has 0 amide bonds. The molecular formula is C19H22O. The van der Waals surface area contributed by atoms with Crippen LogP contribution in [0.3, 0.4) is 0 Å². The fraction of sp³-hybridized carbons (Fsp3) is 0.316. The molecule has 0 radical (unpaired) electrons. The summed E-state index contributed by atoms with van der Waals surface area (Å²) >= 11 is 0. The fourth-order valence-electron chi connectivity index (χ4n) is 2.48. The Morgan fingerprint density at radius 2 is 1.55 bits per heavy atom. The summed E-state index contributed by atoms with van der Waals surface area (Å²) in [6.45, 7) is 2.13. The molecule has 20 heavy (non-hydrogen) atoms. The molecule has 1 atom stereocenters. The molecule has 0 spiro atoms. The molecule has 2 aromatic carbocycles. The van der Waals surface area contributed by atoms with E-state index in [-0.39, 0.29) is 5.92 Å². The van der Waals surface area contributed by atoms with E-state index in [4.69, 9.17) is 0 Å². The van der Waals surface area contributed by atoms with Gasteiger partial charge in [0.1, 0.15) is 5.78 Å². The number of unbranched alkanes of at least 4 members (excludes halogenated alkanes) is 1. The van der Waals surface area contributed by atoms with E-state index in [1.807, 2.05) is 36.4 Å². The normalized spacial score (nSPS) is 12.1. The van der Waals surface area contributed by atoms with E-state index in [2.05, 4.69) is 31.2 Å². The zero-order valence-electron chi connectivity index (χ0n) is 12.1. The number of carbonyl (C=O) groups is 1. The van der Waals surface area contributed by atoms with Crippen LogP contribution in [-0.2, 0) is 11.2 Å². The van der Waals surface area contributed by atoms with E-state index < -0.39 is 0 Å². The van der Waals surface area contributed by atoms with Crippen molar-refractivity contribution in [3.63, 3.8) is 0 Å². The van der Waals surface area contributed by atoms with Gasteiger partial charge in [-0.25, -0.2) is 0 Å². The van der Waals surface area contributed by atoms with E-state index >= 15 is 0 Å². The quantitative estimate of drug-likeness (QED) is 0.705. The van der Waals surface area contributed by atoms with Crippen molar-refractivity contribution in [3.8, 4) is 0 Å². The zero-order valence-corrected chi connectivity index (χ0v) is 12.1. The summed E-state index contributed by atoms with van der Waals surface area (Å²) in [6.07, 6.45) is 3.53. The molecule has 0 bridgehead atoms. The topological polar surface area (TPSA) is 17.1 Å². The molecule has 2 aromatic rings. The molecule has 2 rings (SSSR count). The standard InChI is InChI=1S/C19H22O/c1-2-3-14-19(20)18(17-12-8-5-9-13-17)15-16-10-6-4-7-11-16/h4-13,18H,2-3,14-15H2,1H3. The maximum Gasteiger partial charge on any atom is 0.140 e. The van der Waals surface area contributed by atoms with Crippen molar-refractivity contribution in [2.45, 2.75) is 38.5 Å². The molecule has 1 nitrogen and oxygen atoms in total. The van der Waals surface area contributed by atoms with Gasteiger partial charge in [0.25, 0.3) is 0 Å². The average Bonchev–Trinajstić information content (AvgIpc) is 2.52. The van der Waals surface area contributed by atoms with Crippen molar-refractivity contribution in [2.24, 2.45) is 0 Å². The Labute approximate surface area is 121 Å². The Kier molecular flexibility index (Phi) is 5.55. The van der Waals surface area contributed by atoms with E-state index in [1.54, 1.807) is 0 Å². The van der Waals surface area contributed by atoms with Crippen LogP contribution in [0, 0.1) is 0 Å². The number of carbonyl (C=O) groups excluding carboxylic acids is 1. The van der Waals surface area contributed by atoms with Gasteiger partial charge in [-0.05, 0) is 24.0 Å². The molecular weight excluding hydrogens is 244 g/mol. The first kappa shape index (κ1) is 14.5. The third-order valence-electron chi connectivity index (χ3n) is 3.65. The predicted molar refractivity (Wildman–Crippen MR) is 83.9 cm³/mol. The van der Waals surface area contributed by atoms with Crippen LogP contribution in [0.5, 0.6) is 0 Å². The van der Waals surface area contributed by atoms with Gasteiger partial charge in [0.2, 0.25) is 0 Å². The monoisotopic (exact) mass is 266 g/mol. The number of ketones is 1. The van der Waals surface area contributed by atoms with Crippen molar-refractivity contribution in [3.05, 3.63) is 71.8 Å². The summed E-state index contributed by atoms with van der Waals surface area (Å²) in [5.41, 5.74) is 2.36. The van der Waals surface area contributed by atoms with Crippen molar-refractivity contribution in [1.82, 2.24) is 0 Å². The number of hydrogen-bond donors (Lipinski definition) is 0. The molecule has 0 heterocycles. The lowest BCUT2D eigenvalue weighted by Gasteiger charge is -2.16. The van der Waals surface area contributed by atoms with Crippen LogP contribution in [-0.4, -0.2) is 5.78 Å². The number of hydrogen-bond acceptors (Lipinski definition) is 1. The van der Waals surface area contributed by atoms with Gasteiger partial charge in [-0.2, -0.15) is 0 Å². The van der Waals surface area contributed by atoms with Gasteiger partial charge in [-0.15, -0.1) is 0 Å². The molecule has 0 N–H and O–H groups in total. The number of benzene rings is 2. The highest BCUT2D eigenvalue weighted by atomic mass is 16.1. The summed E-state index contributed by atoms with van der Waals surface area (Å²) in [7, 11) is 0. The van der Waals surface area contributed by atoms with Gasteiger partial charge >= 0.3 is 0 Å². The maximum atomic E-state index is 12.5. The van der Waals surface area contributed by atoms with Crippen LogP contribution in [0.25, 0.3) is 0 Å². The van der Waals surface area contributed by atoms with Crippen molar-refractivity contribution < 1.29 is 4.79 Å². The van der Waals surface area contributed by atoms with Crippen molar-refractivity contribution >= 4 is 5.78 Å². The predicted octanol–water partition coefficient (Wildman–Crippen LogP) is 4.77. The minimum atomic E-state index is -0.00912. The van der Waals surface area contributed by atoms with Gasteiger partial charge in [-0.1, -0.05) is 74.0 Å². The van der Waals surface area contributed by atoms with Crippen molar-refractivity contribution in [2.75, 3.05) is 0 Å². The van der Waals surface area contributed by atoms with Crippen LogP contribution >= 0.6 is 0 Å². The smallest absolute Gasteiger partial charge is 0.140 e. The Bertz CT molecular complexity index is 516. The Balaban J connectivity index is 2.18. The first-order chi connectivity index (χ1) is 9.81. The van der Waals surface area contributed by atoms with Crippen LogP contribution in [0.4, 0.5) is 0 Å². The molecule has 104 valence electrons. The highest BCUT2D eigenvalue weighted by Gasteiger charge is 2.20. The van der Waals surface area contributed by atoms with E-state index in [0.717, 1.165) is 24.8 Å². The lowest BCUT2D eigenvalue weighted by atomic mass is 9.86. The second kappa shape index (κ2) is 7.64. The van der Waals surface area contributed by atoms with Gasteiger partial charge in [0.15, 0.2) is 0 Å². The molecule has 1 unspecified atom stereocenters. The molecule has 0 saturated carbocycles. The SMILES string of the molecule is CCCCC(=O)C(Cc1ccccc1)c1ccccc1. The summed E-state index contributed by atoms with van der Waals surface area (Å²) in [6, 6.07) is 20.4. The number of Topliss-reactive ketones (excluding diaryl/α,β-unsaturated/α-hetero) is 1. The summed E-state index contributed by atoms with van der Waals surface area (Å²) < 4.78 is 0.